The van der Waals surface area contributed by atoms with Gasteiger partial charge < -0.3 is 4.48 Å². The number of halogens is 2. The Bertz CT molecular complexity index is 79.8. The minimum Gasteiger partial charge on any atom is -0.329 e. The van der Waals surface area contributed by atoms with E-state index in [4.69, 9.17) is 0 Å². The lowest BCUT2D eigenvalue weighted by Gasteiger charge is -2.33. The Morgan fingerprint density at radius 1 is 1.00 bits per heavy atom. The highest BCUT2D eigenvalue weighted by molar-refractivity contribution is 6.35. The van der Waals surface area contributed by atoms with Crippen LogP contribution in [0.1, 0.15) is 0 Å². The molecule has 0 spiro atoms. The molecule has 0 aliphatic carbocycles. The summed E-state index contributed by atoms with van der Waals surface area (Å²) in [5.41, 5.74) is 0. The van der Waals surface area contributed by atoms with Crippen molar-refractivity contribution >= 4 is 34.3 Å². The van der Waals surface area contributed by atoms with Crippen molar-refractivity contribution in [2.75, 3.05) is 27.2 Å². The minimum atomic E-state index is 0. The van der Waals surface area contributed by atoms with Crippen LogP contribution in [0.15, 0.2) is 0 Å². The average molecular weight is 203 g/mol. The fourth-order valence-corrected chi connectivity index (χ4v) is 3.88. The van der Waals surface area contributed by atoms with Crippen LogP contribution in [0.25, 0.3) is 0 Å². The first-order chi connectivity index (χ1) is 3.71. The maximum absolute atomic E-state index is 2.34. The Morgan fingerprint density at radius 3 is 1.60 bits per heavy atom. The summed E-state index contributed by atoms with van der Waals surface area (Å²) in [6.07, 6.45) is 0. The quantitative estimate of drug-likeness (QED) is 0.406. The Kier molecular flexibility index (Phi) is 7.23. The number of rotatable bonds is 0. The van der Waals surface area contributed by atoms with Gasteiger partial charge >= 0.3 is 0 Å². The molecule has 1 aliphatic heterocycles. The van der Waals surface area contributed by atoms with E-state index in [1.54, 1.807) is 12.1 Å². The van der Waals surface area contributed by atoms with Gasteiger partial charge in [0.05, 0.1) is 27.2 Å². The molecule has 64 valence electrons. The molecule has 0 saturated carbocycles. The number of quaternary nitrogens is 1. The molecule has 1 saturated heterocycles. The minimum absolute atomic E-state index is 0. The first kappa shape index (κ1) is 13.4. The van der Waals surface area contributed by atoms with Gasteiger partial charge in [-0.15, -0.1) is 24.8 Å². The van der Waals surface area contributed by atoms with Gasteiger partial charge in [0.25, 0.3) is 0 Å². The highest BCUT2D eigenvalue weighted by Crippen LogP contribution is 2.07. The summed E-state index contributed by atoms with van der Waals surface area (Å²) in [6.45, 7) is 2.90. The van der Waals surface area contributed by atoms with E-state index in [1.165, 1.54) is 17.6 Å². The van der Waals surface area contributed by atoms with Crippen LogP contribution in [0.5, 0.6) is 0 Å². The summed E-state index contributed by atoms with van der Waals surface area (Å²) in [6, 6.07) is 3.15. The molecule has 0 amide bonds. The van der Waals surface area contributed by atoms with E-state index in [9.17, 15) is 0 Å². The second-order valence-electron chi connectivity index (χ2n) is 3.44. The Balaban J connectivity index is 0. The molecule has 0 unspecified atom stereocenters. The van der Waals surface area contributed by atoms with Crippen LogP contribution in [0, 0.1) is 0 Å². The zero-order valence-electron chi connectivity index (χ0n) is 6.80. The Labute approximate surface area is 78.4 Å². The molecule has 4 heteroatoms. The molecule has 0 aromatic rings. The molecular weight excluding hydrogens is 185 g/mol. The second kappa shape index (κ2) is 5.41. The van der Waals surface area contributed by atoms with E-state index < -0.39 is 0 Å². The van der Waals surface area contributed by atoms with Crippen LogP contribution in [0.2, 0.25) is 12.1 Å². The maximum atomic E-state index is 2.34. The predicted octanol–water partition coefficient (Wildman–Crippen LogP) is 0.925. The first-order valence-electron chi connectivity index (χ1n) is 3.53. The molecule has 0 radical (unpaired) electrons. The van der Waals surface area contributed by atoms with Crippen LogP contribution in [0.4, 0.5) is 0 Å². The molecule has 0 bridgehead atoms. The lowest BCUT2D eigenvalue weighted by Crippen LogP contribution is -2.44. The third-order valence-electron chi connectivity index (χ3n) is 2.03. The maximum Gasteiger partial charge on any atom is 0.0753 e. The second-order valence-corrected chi connectivity index (χ2v) is 5.56. The molecule has 0 aromatic carbocycles. The van der Waals surface area contributed by atoms with Gasteiger partial charge in [0.1, 0.15) is 0 Å². The smallest absolute Gasteiger partial charge is 0.0753 e. The SMILES string of the molecule is C[N+]1(C)CC[SiH2]CC1.Cl.Cl. The predicted molar refractivity (Wildman–Crippen MR) is 54.5 cm³/mol. The van der Waals surface area contributed by atoms with E-state index in [0.717, 1.165) is 0 Å². The summed E-state index contributed by atoms with van der Waals surface area (Å²) in [7, 11) is 5.11. The lowest BCUT2D eigenvalue weighted by atomic mass is 10.4. The van der Waals surface area contributed by atoms with Crippen LogP contribution in [0.3, 0.4) is 0 Å². The van der Waals surface area contributed by atoms with E-state index in [-0.39, 0.29) is 24.8 Å². The lowest BCUT2D eigenvalue weighted by molar-refractivity contribution is -0.888. The van der Waals surface area contributed by atoms with Crippen molar-refractivity contribution in [3.05, 3.63) is 0 Å². The van der Waals surface area contributed by atoms with Gasteiger partial charge in [0.15, 0.2) is 0 Å². The fourth-order valence-electron chi connectivity index (χ4n) is 1.37. The van der Waals surface area contributed by atoms with Crippen molar-refractivity contribution in [1.29, 1.82) is 0 Å². The Hall–Kier alpha value is 0.757. The molecule has 10 heavy (non-hydrogen) atoms. The molecule has 0 atom stereocenters. The fraction of sp³-hybridized carbons (Fsp3) is 1.00. The van der Waals surface area contributed by atoms with E-state index in [2.05, 4.69) is 14.1 Å². The van der Waals surface area contributed by atoms with Crippen molar-refractivity contribution in [2.45, 2.75) is 12.1 Å². The molecule has 1 heterocycles. The van der Waals surface area contributed by atoms with Crippen LogP contribution in [-0.2, 0) is 0 Å². The zero-order valence-corrected chi connectivity index (χ0v) is 9.85. The van der Waals surface area contributed by atoms with Gasteiger partial charge in [-0.2, -0.15) is 0 Å². The van der Waals surface area contributed by atoms with Gasteiger partial charge in [-0.3, -0.25) is 0 Å². The van der Waals surface area contributed by atoms with Crippen molar-refractivity contribution in [1.82, 2.24) is 0 Å². The van der Waals surface area contributed by atoms with Crippen molar-refractivity contribution in [3.8, 4) is 0 Å². The topological polar surface area (TPSA) is 0 Å². The highest BCUT2D eigenvalue weighted by Gasteiger charge is 2.17. The van der Waals surface area contributed by atoms with Crippen molar-refractivity contribution in [2.24, 2.45) is 0 Å². The van der Waals surface area contributed by atoms with Gasteiger partial charge in [-0.05, 0) is 12.1 Å². The summed E-state index contributed by atoms with van der Waals surface area (Å²) in [5, 5.41) is 0. The van der Waals surface area contributed by atoms with Gasteiger partial charge in [0.2, 0.25) is 0 Å². The monoisotopic (exact) mass is 202 g/mol. The summed E-state index contributed by atoms with van der Waals surface area (Å²) in [5.74, 6) is 0. The van der Waals surface area contributed by atoms with Crippen LogP contribution < -0.4 is 0 Å². The van der Waals surface area contributed by atoms with E-state index >= 15 is 0 Å². The van der Waals surface area contributed by atoms with E-state index in [0.29, 0.717) is 9.52 Å². The zero-order chi connectivity index (χ0) is 6.04. The third kappa shape index (κ3) is 4.55. The number of hydrogen-bond acceptors (Lipinski definition) is 0. The van der Waals surface area contributed by atoms with Crippen molar-refractivity contribution < 1.29 is 4.48 Å². The van der Waals surface area contributed by atoms with Gasteiger partial charge in [-0.1, -0.05) is 0 Å². The Morgan fingerprint density at radius 2 is 1.40 bits per heavy atom. The normalized spacial score (nSPS) is 22.2. The summed E-state index contributed by atoms with van der Waals surface area (Å²) < 4.78 is 1.28. The highest BCUT2D eigenvalue weighted by atomic mass is 35.5. The van der Waals surface area contributed by atoms with E-state index in [1.807, 2.05) is 0 Å². The largest absolute Gasteiger partial charge is 0.329 e. The van der Waals surface area contributed by atoms with Gasteiger partial charge in [0, 0.05) is 9.52 Å². The standard InChI is InChI=1S/C6H16NSi.2ClH/c1-7(2)3-5-8-6-4-7;;/h3-6,8H2,1-2H3;2*1H/q+1;;. The first-order valence-corrected chi connectivity index (χ1v) is 5.53. The van der Waals surface area contributed by atoms with Gasteiger partial charge in [-0.25, -0.2) is 0 Å². The average Bonchev–Trinajstić information content (AvgIpc) is 1.65. The van der Waals surface area contributed by atoms with Crippen molar-refractivity contribution in [3.63, 3.8) is 0 Å². The molecule has 1 rings (SSSR count). The van der Waals surface area contributed by atoms with Crippen LogP contribution in [-0.4, -0.2) is 41.2 Å². The van der Waals surface area contributed by atoms with Crippen LogP contribution >= 0.6 is 24.8 Å². The molecule has 0 N–H and O–H groups in total. The third-order valence-corrected chi connectivity index (χ3v) is 3.66. The molecule has 1 nitrogen and oxygen atoms in total. The molecule has 0 aromatic heterocycles. The summed E-state index contributed by atoms with van der Waals surface area (Å²) in [4.78, 5) is 0. The summed E-state index contributed by atoms with van der Waals surface area (Å²) >= 11 is 0. The number of nitrogens with zero attached hydrogens (tertiary/aromatic N) is 1. The number of hydrogen-bond donors (Lipinski definition) is 0. The molecule has 1 aliphatic rings. The molecular formula is C6H18Cl2NSi+. The molecule has 1 fully saturated rings.